The summed E-state index contributed by atoms with van der Waals surface area (Å²) in [6.07, 6.45) is 0.0751. The molecule has 3 rings (SSSR count). The fraction of sp³-hybridized carbons (Fsp3) is 0.500. The third kappa shape index (κ3) is 4.29. The van der Waals surface area contributed by atoms with Gasteiger partial charge in [-0.25, -0.2) is 0 Å². The summed E-state index contributed by atoms with van der Waals surface area (Å²) in [5.74, 6) is 1.05. The number of benzene rings is 1. The summed E-state index contributed by atoms with van der Waals surface area (Å²) in [6.45, 7) is 6.28. The molecule has 0 bridgehead atoms. The second kappa shape index (κ2) is 8.30. The second-order valence-electron chi connectivity index (χ2n) is 5.58. The van der Waals surface area contributed by atoms with Gasteiger partial charge >= 0.3 is 0 Å². The first kappa shape index (κ1) is 17.7. The van der Waals surface area contributed by atoms with E-state index >= 15 is 0 Å². The number of tetrazole rings is 1. The molecule has 1 aromatic heterocycles. The molecule has 134 valence electrons. The van der Waals surface area contributed by atoms with Crippen LogP contribution in [0.3, 0.4) is 0 Å². The van der Waals surface area contributed by atoms with E-state index in [0.717, 1.165) is 5.69 Å². The van der Waals surface area contributed by atoms with Gasteiger partial charge in [-0.05, 0) is 36.4 Å². The first-order valence-electron chi connectivity index (χ1n) is 8.21. The lowest BCUT2D eigenvalue weighted by Gasteiger charge is -2.31. The molecule has 1 saturated heterocycles. The molecule has 9 heteroatoms. The van der Waals surface area contributed by atoms with Crippen molar-refractivity contribution in [2.24, 2.45) is 0 Å². The van der Waals surface area contributed by atoms with E-state index in [1.165, 1.54) is 11.8 Å². The van der Waals surface area contributed by atoms with Gasteiger partial charge in [0.05, 0.1) is 25.1 Å². The number of amides is 1. The van der Waals surface area contributed by atoms with Crippen molar-refractivity contribution in [2.75, 3.05) is 32.1 Å². The summed E-state index contributed by atoms with van der Waals surface area (Å²) in [7, 11) is 0. The van der Waals surface area contributed by atoms with Gasteiger partial charge in [0, 0.05) is 13.1 Å². The third-order valence-corrected chi connectivity index (χ3v) is 4.66. The van der Waals surface area contributed by atoms with Gasteiger partial charge in [-0.1, -0.05) is 23.9 Å². The predicted octanol–water partition coefficient (Wildman–Crippen LogP) is 1.40. The van der Waals surface area contributed by atoms with Crippen LogP contribution in [0.5, 0.6) is 5.75 Å². The lowest BCUT2D eigenvalue weighted by molar-refractivity contribution is -0.135. The molecule has 0 N–H and O–H groups in total. The number of carbonyl (C=O) groups is 1. The molecule has 0 aliphatic carbocycles. The fourth-order valence-electron chi connectivity index (χ4n) is 2.59. The summed E-state index contributed by atoms with van der Waals surface area (Å²) in [5, 5.41) is 12.4. The first-order valence-corrected chi connectivity index (χ1v) is 9.20. The monoisotopic (exact) mass is 363 g/mol. The molecule has 1 aliphatic rings. The van der Waals surface area contributed by atoms with E-state index in [1.807, 2.05) is 43.0 Å². The summed E-state index contributed by atoms with van der Waals surface area (Å²) in [4.78, 5) is 14.2. The molecule has 1 aromatic carbocycles. The Morgan fingerprint density at radius 1 is 1.44 bits per heavy atom. The van der Waals surface area contributed by atoms with E-state index < -0.39 is 0 Å². The Kier molecular flexibility index (Phi) is 5.87. The number of morpholine rings is 1. The van der Waals surface area contributed by atoms with Gasteiger partial charge in [-0.3, -0.25) is 4.79 Å². The third-order valence-electron chi connectivity index (χ3n) is 3.75. The Balaban J connectivity index is 1.69. The van der Waals surface area contributed by atoms with Gasteiger partial charge in [0.15, 0.2) is 0 Å². The first-order chi connectivity index (χ1) is 12.2. The van der Waals surface area contributed by atoms with E-state index in [4.69, 9.17) is 9.47 Å². The van der Waals surface area contributed by atoms with E-state index in [-0.39, 0.29) is 17.8 Å². The molecule has 1 fully saturated rings. The number of hydrogen-bond acceptors (Lipinski definition) is 7. The smallest absolute Gasteiger partial charge is 0.233 e. The molecule has 1 amide bonds. The molecule has 2 heterocycles. The number of para-hydroxylation sites is 2. The maximum absolute atomic E-state index is 12.4. The Bertz CT molecular complexity index is 723. The van der Waals surface area contributed by atoms with Gasteiger partial charge in [0.1, 0.15) is 11.4 Å². The normalized spacial score (nSPS) is 17.5. The van der Waals surface area contributed by atoms with Crippen LogP contribution in [0.4, 0.5) is 0 Å². The predicted molar refractivity (Wildman–Crippen MR) is 93.0 cm³/mol. The molecule has 2 aromatic rings. The van der Waals surface area contributed by atoms with Crippen molar-refractivity contribution < 1.29 is 14.3 Å². The second-order valence-corrected chi connectivity index (χ2v) is 6.53. The molecule has 0 spiro atoms. The highest BCUT2D eigenvalue weighted by atomic mass is 32.2. The number of aromatic nitrogens is 4. The number of rotatable bonds is 6. The fourth-order valence-corrected chi connectivity index (χ4v) is 3.38. The SMILES string of the molecule is CCOc1ccccc1-n1nnnc1SCC(=O)N1CCOC(C)C1. The average Bonchev–Trinajstić information content (AvgIpc) is 3.09. The standard InChI is InChI=1S/C16H21N5O3S/c1-3-23-14-7-5-4-6-13(14)21-16(17-18-19-21)25-11-15(22)20-8-9-24-12(2)10-20/h4-7,12H,3,8-11H2,1-2H3. The molecular weight excluding hydrogens is 342 g/mol. The van der Waals surface area contributed by atoms with Crippen LogP contribution in [0.2, 0.25) is 0 Å². The number of carbonyl (C=O) groups excluding carboxylic acids is 1. The molecule has 0 radical (unpaired) electrons. The minimum absolute atomic E-state index is 0.0628. The van der Waals surface area contributed by atoms with Crippen LogP contribution >= 0.6 is 11.8 Å². The topological polar surface area (TPSA) is 82.4 Å². The van der Waals surface area contributed by atoms with Gasteiger partial charge < -0.3 is 14.4 Å². The zero-order chi connectivity index (χ0) is 17.6. The largest absolute Gasteiger partial charge is 0.492 e. The lowest BCUT2D eigenvalue weighted by atomic mass is 10.3. The van der Waals surface area contributed by atoms with Crippen LogP contribution in [0.1, 0.15) is 13.8 Å². The van der Waals surface area contributed by atoms with Gasteiger partial charge in [0.2, 0.25) is 11.1 Å². The van der Waals surface area contributed by atoms with Crippen molar-refractivity contribution in [1.29, 1.82) is 0 Å². The Labute approximate surface area is 150 Å². The van der Waals surface area contributed by atoms with Gasteiger partial charge in [-0.2, -0.15) is 4.68 Å². The number of hydrogen-bond donors (Lipinski definition) is 0. The Hall–Kier alpha value is -2.13. The number of ether oxygens (including phenoxy) is 2. The molecule has 8 nitrogen and oxygen atoms in total. The van der Waals surface area contributed by atoms with Crippen LogP contribution in [-0.4, -0.2) is 69.2 Å². The zero-order valence-corrected chi connectivity index (χ0v) is 15.1. The van der Waals surface area contributed by atoms with Crippen molar-refractivity contribution in [3.05, 3.63) is 24.3 Å². The van der Waals surface area contributed by atoms with Crippen molar-refractivity contribution in [3.8, 4) is 11.4 Å². The van der Waals surface area contributed by atoms with Gasteiger partial charge in [0.25, 0.3) is 0 Å². The van der Waals surface area contributed by atoms with E-state index in [0.29, 0.717) is 37.2 Å². The molecule has 1 aliphatic heterocycles. The molecule has 1 atom stereocenters. The zero-order valence-electron chi connectivity index (χ0n) is 14.3. The maximum Gasteiger partial charge on any atom is 0.233 e. The Morgan fingerprint density at radius 3 is 3.08 bits per heavy atom. The maximum atomic E-state index is 12.4. The van der Waals surface area contributed by atoms with Crippen molar-refractivity contribution in [2.45, 2.75) is 25.1 Å². The Morgan fingerprint density at radius 2 is 2.28 bits per heavy atom. The number of thioether (sulfide) groups is 1. The number of nitrogens with zero attached hydrogens (tertiary/aromatic N) is 5. The molecule has 25 heavy (non-hydrogen) atoms. The summed E-state index contributed by atoms with van der Waals surface area (Å²) >= 11 is 1.32. The molecule has 0 saturated carbocycles. The van der Waals surface area contributed by atoms with E-state index in [2.05, 4.69) is 15.5 Å². The highest BCUT2D eigenvalue weighted by Gasteiger charge is 2.22. The van der Waals surface area contributed by atoms with Crippen LogP contribution in [-0.2, 0) is 9.53 Å². The molecule has 1 unspecified atom stereocenters. The van der Waals surface area contributed by atoms with Crippen LogP contribution < -0.4 is 4.74 Å². The van der Waals surface area contributed by atoms with Crippen LogP contribution in [0, 0.1) is 0 Å². The summed E-state index contributed by atoms with van der Waals surface area (Å²) < 4.78 is 12.7. The van der Waals surface area contributed by atoms with Crippen molar-refractivity contribution in [1.82, 2.24) is 25.1 Å². The minimum Gasteiger partial charge on any atom is -0.492 e. The summed E-state index contributed by atoms with van der Waals surface area (Å²) in [6, 6.07) is 7.55. The van der Waals surface area contributed by atoms with Crippen LogP contribution in [0.15, 0.2) is 29.4 Å². The average molecular weight is 363 g/mol. The van der Waals surface area contributed by atoms with Crippen molar-refractivity contribution in [3.63, 3.8) is 0 Å². The van der Waals surface area contributed by atoms with E-state index in [9.17, 15) is 4.79 Å². The minimum atomic E-state index is 0.0628. The highest BCUT2D eigenvalue weighted by molar-refractivity contribution is 7.99. The molecular formula is C16H21N5O3S. The summed E-state index contributed by atoms with van der Waals surface area (Å²) in [5.41, 5.74) is 0.754. The lowest BCUT2D eigenvalue weighted by Crippen LogP contribution is -2.45. The van der Waals surface area contributed by atoms with Crippen LogP contribution in [0.25, 0.3) is 5.69 Å². The highest BCUT2D eigenvalue weighted by Crippen LogP contribution is 2.26. The quantitative estimate of drug-likeness (QED) is 0.718. The van der Waals surface area contributed by atoms with E-state index in [1.54, 1.807) is 4.68 Å². The van der Waals surface area contributed by atoms with Gasteiger partial charge in [-0.15, -0.1) is 5.10 Å². The van der Waals surface area contributed by atoms with Crippen molar-refractivity contribution >= 4 is 17.7 Å².